The molecular formula is C13H18N2O2. The van der Waals surface area contributed by atoms with E-state index in [2.05, 4.69) is 0 Å². The van der Waals surface area contributed by atoms with Gasteiger partial charge in [-0.2, -0.15) is 0 Å². The lowest BCUT2D eigenvalue weighted by atomic mass is 9.89. The van der Waals surface area contributed by atoms with Crippen molar-refractivity contribution < 1.29 is 9.53 Å². The average Bonchev–Trinajstić information content (AvgIpc) is 2.39. The van der Waals surface area contributed by atoms with Crippen molar-refractivity contribution in [3.05, 3.63) is 29.3 Å². The number of nitrogens with zero attached hydrogens (tertiary/aromatic N) is 1. The van der Waals surface area contributed by atoms with Crippen LogP contribution in [0.1, 0.15) is 28.8 Å². The number of rotatable bonds is 3. The van der Waals surface area contributed by atoms with Crippen molar-refractivity contribution in [1.82, 2.24) is 4.90 Å². The molecule has 0 aromatic heterocycles. The minimum Gasteiger partial charge on any atom is -0.497 e. The van der Waals surface area contributed by atoms with Gasteiger partial charge in [-0.3, -0.25) is 4.79 Å². The van der Waals surface area contributed by atoms with Crippen molar-refractivity contribution in [3.8, 4) is 5.75 Å². The van der Waals surface area contributed by atoms with Gasteiger partial charge in [-0.1, -0.05) is 6.07 Å². The number of methoxy groups -OCH3 is 1. The fourth-order valence-corrected chi connectivity index (χ4v) is 2.30. The van der Waals surface area contributed by atoms with Crippen molar-refractivity contribution in [2.75, 3.05) is 26.7 Å². The monoisotopic (exact) mass is 234 g/mol. The second-order valence-electron chi connectivity index (χ2n) is 4.23. The molecule has 4 nitrogen and oxygen atoms in total. The predicted molar refractivity (Wildman–Crippen MR) is 66.4 cm³/mol. The number of fused-ring (bicyclic) bond motifs is 1. The van der Waals surface area contributed by atoms with Crippen molar-refractivity contribution in [1.29, 1.82) is 0 Å². The normalized spacial score (nSPS) is 19.1. The van der Waals surface area contributed by atoms with Crippen LogP contribution < -0.4 is 10.5 Å². The van der Waals surface area contributed by atoms with E-state index in [4.69, 9.17) is 10.5 Å². The second-order valence-corrected chi connectivity index (χ2v) is 4.23. The molecule has 0 aliphatic carbocycles. The molecule has 17 heavy (non-hydrogen) atoms. The quantitative estimate of drug-likeness (QED) is 0.855. The van der Waals surface area contributed by atoms with Crippen LogP contribution in [0.25, 0.3) is 0 Å². The largest absolute Gasteiger partial charge is 0.497 e. The zero-order valence-corrected chi connectivity index (χ0v) is 10.3. The molecule has 0 radical (unpaired) electrons. The molecule has 0 fully saturated rings. The first-order valence-electron chi connectivity index (χ1n) is 5.88. The van der Waals surface area contributed by atoms with Crippen LogP contribution in [0.15, 0.2) is 18.2 Å². The number of ether oxygens (including phenoxy) is 1. The van der Waals surface area contributed by atoms with Gasteiger partial charge in [0, 0.05) is 31.1 Å². The fourth-order valence-electron chi connectivity index (χ4n) is 2.30. The molecule has 1 atom stereocenters. The molecule has 0 spiro atoms. The zero-order valence-electron chi connectivity index (χ0n) is 10.3. The van der Waals surface area contributed by atoms with E-state index < -0.39 is 0 Å². The summed E-state index contributed by atoms with van der Waals surface area (Å²) >= 11 is 0. The van der Waals surface area contributed by atoms with E-state index in [9.17, 15) is 4.79 Å². The number of carbonyl (C=O) groups is 1. The number of amides is 1. The van der Waals surface area contributed by atoms with E-state index in [0.29, 0.717) is 25.4 Å². The van der Waals surface area contributed by atoms with Gasteiger partial charge in [0.25, 0.3) is 5.91 Å². The Balaban J connectivity index is 2.47. The molecule has 0 bridgehead atoms. The fraction of sp³-hybridized carbons (Fsp3) is 0.462. The van der Waals surface area contributed by atoms with Crippen LogP contribution in [-0.2, 0) is 0 Å². The molecule has 4 heteroatoms. The number of hydrogen-bond donors (Lipinski definition) is 1. The Labute approximate surface area is 101 Å². The molecule has 1 aliphatic rings. The Kier molecular flexibility index (Phi) is 3.33. The molecule has 2 N–H and O–H groups in total. The molecule has 0 saturated carbocycles. The van der Waals surface area contributed by atoms with E-state index in [1.165, 1.54) is 0 Å². The zero-order chi connectivity index (χ0) is 12.4. The number of benzene rings is 1. The Morgan fingerprint density at radius 3 is 2.88 bits per heavy atom. The van der Waals surface area contributed by atoms with E-state index in [1.807, 2.05) is 30.0 Å². The predicted octanol–water partition coefficient (Wildman–Crippen LogP) is 1.21. The highest BCUT2D eigenvalue weighted by Gasteiger charge is 2.29. The Morgan fingerprint density at radius 2 is 2.29 bits per heavy atom. The minimum atomic E-state index is 0.0751. The Hall–Kier alpha value is -1.55. The molecule has 1 aromatic rings. The summed E-state index contributed by atoms with van der Waals surface area (Å²) in [4.78, 5) is 14.0. The maximum Gasteiger partial charge on any atom is 0.254 e. The minimum absolute atomic E-state index is 0.0751. The number of nitrogens with two attached hydrogens (primary N) is 1. The lowest BCUT2D eigenvalue weighted by Crippen LogP contribution is -2.41. The highest BCUT2D eigenvalue weighted by atomic mass is 16.5. The van der Waals surface area contributed by atoms with Crippen LogP contribution in [0.3, 0.4) is 0 Å². The second kappa shape index (κ2) is 4.75. The molecule has 1 aromatic carbocycles. The van der Waals surface area contributed by atoms with E-state index in [0.717, 1.165) is 11.1 Å². The molecule has 1 amide bonds. The Bertz CT molecular complexity index is 431. The SMILES string of the molecule is CCN1CC(CN)c2ccc(OC)cc2C1=O. The van der Waals surface area contributed by atoms with Gasteiger partial charge >= 0.3 is 0 Å². The topological polar surface area (TPSA) is 55.6 Å². The van der Waals surface area contributed by atoms with Gasteiger partial charge in [0.15, 0.2) is 0 Å². The standard InChI is InChI=1S/C13H18N2O2/c1-3-15-8-9(7-14)11-5-4-10(17-2)6-12(11)13(15)16/h4-6,9H,3,7-8,14H2,1-2H3. The van der Waals surface area contributed by atoms with Crippen LogP contribution in [-0.4, -0.2) is 37.6 Å². The third-order valence-corrected chi connectivity index (χ3v) is 3.32. The number of hydrogen-bond acceptors (Lipinski definition) is 3. The van der Waals surface area contributed by atoms with Gasteiger partial charge in [-0.05, 0) is 24.6 Å². The summed E-state index contributed by atoms with van der Waals surface area (Å²) in [5.41, 5.74) is 7.56. The first-order chi connectivity index (χ1) is 8.21. The molecule has 1 aliphatic heterocycles. The van der Waals surface area contributed by atoms with Crippen LogP contribution in [0.5, 0.6) is 5.75 Å². The van der Waals surface area contributed by atoms with Gasteiger partial charge in [0.2, 0.25) is 0 Å². The smallest absolute Gasteiger partial charge is 0.254 e. The number of likely N-dealkylation sites (N-methyl/N-ethyl adjacent to an activating group) is 1. The summed E-state index contributed by atoms with van der Waals surface area (Å²) in [6.07, 6.45) is 0. The van der Waals surface area contributed by atoms with Gasteiger partial charge in [-0.15, -0.1) is 0 Å². The first-order valence-corrected chi connectivity index (χ1v) is 5.88. The molecule has 1 unspecified atom stereocenters. The van der Waals surface area contributed by atoms with Gasteiger partial charge in [0.05, 0.1) is 7.11 Å². The van der Waals surface area contributed by atoms with Crippen LogP contribution in [0.4, 0.5) is 0 Å². The van der Waals surface area contributed by atoms with Crippen molar-refractivity contribution in [2.24, 2.45) is 5.73 Å². The van der Waals surface area contributed by atoms with E-state index in [1.54, 1.807) is 7.11 Å². The summed E-state index contributed by atoms with van der Waals surface area (Å²) in [5.74, 6) is 1.02. The van der Waals surface area contributed by atoms with Crippen LogP contribution in [0, 0.1) is 0 Å². The molecule has 92 valence electrons. The first kappa shape index (κ1) is 11.9. The number of carbonyl (C=O) groups excluding carboxylic acids is 1. The summed E-state index contributed by atoms with van der Waals surface area (Å²) < 4.78 is 5.16. The van der Waals surface area contributed by atoms with Crippen molar-refractivity contribution in [2.45, 2.75) is 12.8 Å². The summed E-state index contributed by atoms with van der Waals surface area (Å²) in [6.45, 7) is 3.97. The van der Waals surface area contributed by atoms with Gasteiger partial charge < -0.3 is 15.4 Å². The van der Waals surface area contributed by atoms with E-state index in [-0.39, 0.29) is 11.8 Å². The van der Waals surface area contributed by atoms with E-state index >= 15 is 0 Å². The molecular weight excluding hydrogens is 216 g/mol. The summed E-state index contributed by atoms with van der Waals surface area (Å²) in [5, 5.41) is 0. The molecule has 0 saturated heterocycles. The highest BCUT2D eigenvalue weighted by molar-refractivity contribution is 5.97. The molecule has 1 heterocycles. The van der Waals surface area contributed by atoms with Crippen LogP contribution in [0.2, 0.25) is 0 Å². The lowest BCUT2D eigenvalue weighted by molar-refractivity contribution is 0.0732. The maximum absolute atomic E-state index is 12.2. The Morgan fingerprint density at radius 1 is 1.53 bits per heavy atom. The van der Waals surface area contributed by atoms with Crippen molar-refractivity contribution in [3.63, 3.8) is 0 Å². The maximum atomic E-state index is 12.2. The average molecular weight is 234 g/mol. The summed E-state index contributed by atoms with van der Waals surface area (Å²) in [6, 6.07) is 5.65. The van der Waals surface area contributed by atoms with Gasteiger partial charge in [-0.25, -0.2) is 0 Å². The molecule has 2 rings (SSSR count). The summed E-state index contributed by atoms with van der Waals surface area (Å²) in [7, 11) is 1.60. The van der Waals surface area contributed by atoms with Gasteiger partial charge in [0.1, 0.15) is 5.75 Å². The van der Waals surface area contributed by atoms with Crippen LogP contribution >= 0.6 is 0 Å². The third kappa shape index (κ3) is 2.00. The van der Waals surface area contributed by atoms with Crippen molar-refractivity contribution >= 4 is 5.91 Å². The third-order valence-electron chi connectivity index (χ3n) is 3.32. The lowest BCUT2D eigenvalue weighted by Gasteiger charge is -2.33. The highest BCUT2D eigenvalue weighted by Crippen LogP contribution is 2.30.